The molecular formula is C20H28F3N. The Kier molecular flexibility index (Phi) is 6.13. The normalized spacial score (nSPS) is 18.8. The van der Waals surface area contributed by atoms with Gasteiger partial charge in [0, 0.05) is 0 Å². The quantitative estimate of drug-likeness (QED) is 0.613. The van der Waals surface area contributed by atoms with Gasteiger partial charge in [0.1, 0.15) is 0 Å². The molecule has 0 bridgehead atoms. The molecule has 1 nitrogen and oxygen atoms in total. The fraction of sp³-hybridized carbons (Fsp3) is 0.600. The summed E-state index contributed by atoms with van der Waals surface area (Å²) >= 11 is 0. The van der Waals surface area contributed by atoms with Crippen LogP contribution in [0.4, 0.5) is 13.2 Å². The van der Waals surface area contributed by atoms with E-state index in [1.807, 2.05) is 0 Å². The van der Waals surface area contributed by atoms with Crippen molar-refractivity contribution in [3.63, 3.8) is 0 Å². The number of alkyl halides is 3. The maximum atomic E-state index is 13.0. The number of hydrogen-bond donors (Lipinski definition) is 0. The van der Waals surface area contributed by atoms with Crippen molar-refractivity contribution in [2.24, 2.45) is 11.3 Å². The molecular weight excluding hydrogens is 311 g/mol. The minimum atomic E-state index is -4.26. The standard InChI is InChI=1S/C20H28F3N/c1-4-19(16(2)3)11-14-24(15-12-19)13-7-9-17-8-5-6-10-18(17)20(21,22)23/h4-6,8,10,16H,1,7,9,11-15H2,2-3H3. The molecule has 4 heteroatoms. The van der Waals surface area contributed by atoms with Gasteiger partial charge in [-0.15, -0.1) is 6.58 Å². The Morgan fingerprint density at radius 1 is 1.21 bits per heavy atom. The van der Waals surface area contributed by atoms with Crippen molar-refractivity contribution in [3.05, 3.63) is 48.0 Å². The topological polar surface area (TPSA) is 3.24 Å². The minimum Gasteiger partial charge on any atom is -0.303 e. The van der Waals surface area contributed by atoms with Crippen LogP contribution >= 0.6 is 0 Å². The van der Waals surface area contributed by atoms with Crippen molar-refractivity contribution in [3.8, 4) is 0 Å². The van der Waals surface area contributed by atoms with E-state index in [4.69, 9.17) is 0 Å². The molecule has 0 aliphatic carbocycles. The lowest BCUT2D eigenvalue weighted by Crippen LogP contribution is -2.42. The van der Waals surface area contributed by atoms with Gasteiger partial charge in [0.2, 0.25) is 0 Å². The molecule has 24 heavy (non-hydrogen) atoms. The van der Waals surface area contributed by atoms with E-state index in [2.05, 4.69) is 31.4 Å². The zero-order chi connectivity index (χ0) is 17.8. The summed E-state index contributed by atoms with van der Waals surface area (Å²) in [5.41, 5.74) is 0.137. The number of hydrogen-bond acceptors (Lipinski definition) is 1. The van der Waals surface area contributed by atoms with Crippen LogP contribution in [0, 0.1) is 11.3 Å². The van der Waals surface area contributed by atoms with Crippen molar-refractivity contribution >= 4 is 0 Å². The fourth-order valence-electron chi connectivity index (χ4n) is 3.72. The molecule has 0 spiro atoms. The summed E-state index contributed by atoms with van der Waals surface area (Å²) in [4.78, 5) is 2.38. The number of likely N-dealkylation sites (tertiary alicyclic amines) is 1. The molecule has 0 atom stereocenters. The van der Waals surface area contributed by atoms with Crippen LogP contribution in [0.15, 0.2) is 36.9 Å². The first-order valence-electron chi connectivity index (χ1n) is 8.79. The predicted octanol–water partition coefficient (Wildman–Crippen LogP) is 5.56. The molecule has 1 aromatic rings. The average molecular weight is 339 g/mol. The largest absolute Gasteiger partial charge is 0.416 e. The van der Waals surface area contributed by atoms with E-state index >= 15 is 0 Å². The van der Waals surface area contributed by atoms with Crippen LogP contribution in [0.5, 0.6) is 0 Å². The second kappa shape index (κ2) is 7.73. The summed E-state index contributed by atoms with van der Waals surface area (Å²) in [7, 11) is 0. The maximum Gasteiger partial charge on any atom is 0.416 e. The summed E-state index contributed by atoms with van der Waals surface area (Å²) in [5, 5.41) is 0. The van der Waals surface area contributed by atoms with Crippen LogP contribution < -0.4 is 0 Å². The van der Waals surface area contributed by atoms with Gasteiger partial charge >= 0.3 is 6.18 Å². The number of aryl methyl sites for hydroxylation is 1. The highest BCUT2D eigenvalue weighted by atomic mass is 19.4. The van der Waals surface area contributed by atoms with Crippen molar-refractivity contribution in [2.45, 2.75) is 45.7 Å². The maximum absolute atomic E-state index is 13.0. The first-order valence-corrected chi connectivity index (χ1v) is 8.79. The first kappa shape index (κ1) is 19.0. The molecule has 1 aliphatic heterocycles. The van der Waals surface area contributed by atoms with Gasteiger partial charge in [-0.2, -0.15) is 13.2 Å². The first-order chi connectivity index (χ1) is 11.3. The average Bonchev–Trinajstić information content (AvgIpc) is 2.55. The second-order valence-corrected chi connectivity index (χ2v) is 7.19. The number of rotatable bonds is 6. The van der Waals surface area contributed by atoms with E-state index in [9.17, 15) is 13.2 Å². The zero-order valence-corrected chi connectivity index (χ0v) is 14.7. The molecule has 1 heterocycles. The molecule has 0 unspecified atom stereocenters. The number of allylic oxidation sites excluding steroid dienone is 1. The lowest BCUT2D eigenvalue weighted by Gasteiger charge is -2.42. The molecule has 1 fully saturated rings. The fourth-order valence-corrected chi connectivity index (χ4v) is 3.72. The van der Waals surface area contributed by atoms with Gasteiger partial charge in [-0.05, 0) is 68.3 Å². The number of benzene rings is 1. The van der Waals surface area contributed by atoms with Gasteiger partial charge in [0.05, 0.1) is 5.56 Å². The Morgan fingerprint density at radius 3 is 2.38 bits per heavy atom. The van der Waals surface area contributed by atoms with Crippen molar-refractivity contribution in [2.75, 3.05) is 19.6 Å². The van der Waals surface area contributed by atoms with Crippen LogP contribution in [0.25, 0.3) is 0 Å². The van der Waals surface area contributed by atoms with Crippen LogP contribution in [0.3, 0.4) is 0 Å². The lowest BCUT2D eigenvalue weighted by atomic mass is 9.70. The predicted molar refractivity (Wildman–Crippen MR) is 92.9 cm³/mol. The van der Waals surface area contributed by atoms with Gasteiger partial charge in [0.25, 0.3) is 0 Å². The molecule has 0 saturated carbocycles. The summed E-state index contributed by atoms with van der Waals surface area (Å²) in [6, 6.07) is 5.92. The van der Waals surface area contributed by atoms with Gasteiger partial charge in [-0.1, -0.05) is 38.1 Å². The third-order valence-corrected chi connectivity index (χ3v) is 5.59. The van der Waals surface area contributed by atoms with Gasteiger partial charge in [-0.25, -0.2) is 0 Å². The van der Waals surface area contributed by atoms with E-state index < -0.39 is 11.7 Å². The summed E-state index contributed by atoms with van der Waals surface area (Å²) in [5.74, 6) is 0.579. The lowest BCUT2D eigenvalue weighted by molar-refractivity contribution is -0.138. The number of halogens is 3. The van der Waals surface area contributed by atoms with Gasteiger partial charge in [-0.3, -0.25) is 0 Å². The second-order valence-electron chi connectivity index (χ2n) is 7.19. The van der Waals surface area contributed by atoms with Crippen LogP contribution in [-0.4, -0.2) is 24.5 Å². The third-order valence-electron chi connectivity index (χ3n) is 5.59. The zero-order valence-electron chi connectivity index (χ0n) is 14.7. The SMILES string of the molecule is C=CC1(C(C)C)CCN(CCCc2ccccc2C(F)(F)F)CC1. The number of piperidine rings is 1. The Bertz CT molecular complexity index is 540. The van der Waals surface area contributed by atoms with Crippen LogP contribution in [0.1, 0.15) is 44.2 Å². The van der Waals surface area contributed by atoms with E-state index in [0.717, 1.165) is 38.9 Å². The highest BCUT2D eigenvalue weighted by Crippen LogP contribution is 2.39. The van der Waals surface area contributed by atoms with Crippen LogP contribution in [-0.2, 0) is 12.6 Å². The monoisotopic (exact) mass is 339 g/mol. The summed E-state index contributed by atoms with van der Waals surface area (Å²) in [6.45, 7) is 11.4. The molecule has 0 amide bonds. The molecule has 1 saturated heterocycles. The molecule has 0 aromatic heterocycles. The van der Waals surface area contributed by atoms with E-state index in [-0.39, 0.29) is 5.41 Å². The van der Waals surface area contributed by atoms with E-state index in [1.165, 1.54) is 12.1 Å². The van der Waals surface area contributed by atoms with Gasteiger partial charge < -0.3 is 4.90 Å². The molecule has 134 valence electrons. The highest BCUT2D eigenvalue weighted by Gasteiger charge is 2.35. The molecule has 1 aliphatic rings. The van der Waals surface area contributed by atoms with Crippen molar-refractivity contribution in [1.29, 1.82) is 0 Å². The van der Waals surface area contributed by atoms with Crippen LogP contribution in [0.2, 0.25) is 0 Å². The smallest absolute Gasteiger partial charge is 0.303 e. The molecule has 2 rings (SSSR count). The Balaban J connectivity index is 1.86. The molecule has 0 radical (unpaired) electrons. The molecule has 1 aromatic carbocycles. The van der Waals surface area contributed by atoms with Crippen molar-refractivity contribution < 1.29 is 13.2 Å². The highest BCUT2D eigenvalue weighted by molar-refractivity contribution is 5.29. The minimum absolute atomic E-state index is 0.222. The molecule has 0 N–H and O–H groups in total. The summed E-state index contributed by atoms with van der Waals surface area (Å²) in [6.07, 6.45) is 1.26. The Hall–Kier alpha value is -1.29. The summed E-state index contributed by atoms with van der Waals surface area (Å²) < 4.78 is 39.0. The van der Waals surface area contributed by atoms with Gasteiger partial charge in [0.15, 0.2) is 0 Å². The van der Waals surface area contributed by atoms with E-state index in [0.29, 0.717) is 17.9 Å². The van der Waals surface area contributed by atoms with E-state index in [1.54, 1.807) is 12.1 Å². The Morgan fingerprint density at radius 2 is 1.83 bits per heavy atom. The number of nitrogens with zero attached hydrogens (tertiary/aromatic N) is 1. The van der Waals surface area contributed by atoms with Crippen molar-refractivity contribution in [1.82, 2.24) is 4.90 Å². The Labute approximate surface area is 143 Å². The third kappa shape index (κ3) is 4.41.